The van der Waals surface area contributed by atoms with Crippen LogP contribution in [0.4, 0.5) is 0 Å². The van der Waals surface area contributed by atoms with Crippen molar-refractivity contribution < 1.29 is 14.0 Å². The van der Waals surface area contributed by atoms with E-state index in [0.29, 0.717) is 6.61 Å². The molecule has 0 unspecified atom stereocenters. The van der Waals surface area contributed by atoms with E-state index in [1.54, 1.807) is 0 Å². The highest BCUT2D eigenvalue weighted by Crippen LogP contribution is 2.25. The van der Waals surface area contributed by atoms with Crippen LogP contribution in [0.2, 0.25) is 0 Å². The second-order valence-corrected chi connectivity index (χ2v) is 4.54. The summed E-state index contributed by atoms with van der Waals surface area (Å²) in [5, 5.41) is 0. The van der Waals surface area contributed by atoms with Gasteiger partial charge in [-0.3, -0.25) is 0 Å². The maximum atomic E-state index is 5.65. The molecule has 0 radical (unpaired) electrons. The Bertz CT molecular complexity index is 173. The molecule has 3 nitrogen and oxygen atoms in total. The van der Waals surface area contributed by atoms with Crippen molar-refractivity contribution >= 4 is 7.32 Å². The highest BCUT2D eigenvalue weighted by Gasteiger charge is 2.38. The van der Waals surface area contributed by atoms with E-state index >= 15 is 0 Å². The van der Waals surface area contributed by atoms with Gasteiger partial charge in [0.2, 0.25) is 0 Å². The molecule has 0 aromatic rings. The third kappa shape index (κ3) is 3.99. The number of rotatable bonds is 4. The molecule has 0 bridgehead atoms. The molecule has 0 saturated carbocycles. The summed E-state index contributed by atoms with van der Waals surface area (Å²) in [5.41, 5.74) is -0.130. The monoisotopic (exact) mass is 200 g/mol. The average molecular weight is 200 g/mol. The van der Waals surface area contributed by atoms with E-state index in [9.17, 15) is 0 Å². The van der Waals surface area contributed by atoms with Crippen molar-refractivity contribution in [3.8, 4) is 0 Å². The molecule has 0 aliphatic carbocycles. The topological polar surface area (TPSA) is 27.7 Å². The van der Waals surface area contributed by atoms with E-state index in [4.69, 9.17) is 14.0 Å². The Morgan fingerprint density at radius 2 is 2.21 bits per heavy atom. The molecule has 1 aliphatic heterocycles. The zero-order chi connectivity index (χ0) is 10.6. The average Bonchev–Trinajstić information content (AvgIpc) is 2.00. The van der Waals surface area contributed by atoms with Gasteiger partial charge in [-0.15, -0.1) is 0 Å². The van der Waals surface area contributed by atoms with Gasteiger partial charge in [-0.2, -0.15) is 0 Å². The fraction of sp³-hybridized carbons (Fsp3) is 1.00. The summed E-state index contributed by atoms with van der Waals surface area (Å²) in [7, 11) is -0.472. The van der Waals surface area contributed by atoms with E-state index in [2.05, 4.69) is 27.7 Å². The Balaban J connectivity index is 2.30. The molecule has 0 N–H and O–H groups in total. The summed E-state index contributed by atoms with van der Waals surface area (Å²) < 4.78 is 16.7. The molecule has 0 aromatic heterocycles. The van der Waals surface area contributed by atoms with E-state index < -0.39 is 7.32 Å². The van der Waals surface area contributed by atoms with Crippen LogP contribution in [0, 0.1) is 0 Å². The van der Waals surface area contributed by atoms with Crippen molar-refractivity contribution in [3.05, 3.63) is 0 Å². The standard InChI is InChI=1S/C10H21BO3/c1-5-6-7-12-11-13-9(2)8-10(3,4)14-11/h9H,5-8H2,1-4H3/t9-/m1/s1. The first-order valence-corrected chi connectivity index (χ1v) is 5.48. The van der Waals surface area contributed by atoms with Gasteiger partial charge in [-0.25, -0.2) is 0 Å². The second-order valence-electron chi connectivity index (χ2n) is 4.54. The lowest BCUT2D eigenvalue weighted by atomic mass is 9.95. The van der Waals surface area contributed by atoms with Crippen molar-refractivity contribution in [2.24, 2.45) is 0 Å². The largest absolute Gasteiger partial charge is 0.640 e. The van der Waals surface area contributed by atoms with E-state index in [-0.39, 0.29) is 11.7 Å². The summed E-state index contributed by atoms with van der Waals surface area (Å²) in [5.74, 6) is 0. The van der Waals surface area contributed by atoms with Crippen LogP contribution in [0.5, 0.6) is 0 Å². The second kappa shape index (κ2) is 5.15. The molecule has 1 heterocycles. The zero-order valence-corrected chi connectivity index (χ0v) is 9.71. The maximum absolute atomic E-state index is 5.65. The van der Waals surface area contributed by atoms with Gasteiger partial charge in [0.15, 0.2) is 0 Å². The molecule has 1 saturated heterocycles. The molecule has 14 heavy (non-hydrogen) atoms. The highest BCUT2D eigenvalue weighted by molar-refractivity contribution is 6.36. The summed E-state index contributed by atoms with van der Waals surface area (Å²) in [6.45, 7) is 9.05. The lowest BCUT2D eigenvalue weighted by molar-refractivity contribution is -0.0690. The third-order valence-corrected chi connectivity index (χ3v) is 2.29. The predicted molar refractivity (Wildman–Crippen MR) is 56.9 cm³/mol. The normalized spacial score (nSPS) is 26.6. The Morgan fingerprint density at radius 3 is 2.79 bits per heavy atom. The van der Waals surface area contributed by atoms with Crippen LogP contribution in [0.1, 0.15) is 47.0 Å². The van der Waals surface area contributed by atoms with Crippen LogP contribution < -0.4 is 0 Å². The van der Waals surface area contributed by atoms with Gasteiger partial charge in [0.05, 0.1) is 5.60 Å². The minimum atomic E-state index is -0.472. The fourth-order valence-corrected chi connectivity index (χ4v) is 1.66. The molecular formula is C10H21BO3. The van der Waals surface area contributed by atoms with Crippen LogP contribution >= 0.6 is 0 Å². The Labute approximate surface area is 87.3 Å². The highest BCUT2D eigenvalue weighted by atomic mass is 16.7. The molecule has 0 amide bonds. The quantitative estimate of drug-likeness (QED) is 0.515. The summed E-state index contributed by atoms with van der Waals surface area (Å²) >= 11 is 0. The molecule has 82 valence electrons. The van der Waals surface area contributed by atoms with Crippen LogP contribution in [-0.4, -0.2) is 25.6 Å². The Hall–Kier alpha value is -0.0551. The first-order valence-electron chi connectivity index (χ1n) is 5.48. The number of unbranched alkanes of at least 4 members (excludes halogenated alkanes) is 1. The predicted octanol–water partition coefficient (Wildman–Crippen LogP) is 2.39. The van der Waals surface area contributed by atoms with Crippen LogP contribution in [0.15, 0.2) is 0 Å². The van der Waals surface area contributed by atoms with E-state index in [0.717, 1.165) is 19.3 Å². The third-order valence-electron chi connectivity index (χ3n) is 2.29. The molecule has 1 rings (SSSR count). The van der Waals surface area contributed by atoms with Crippen molar-refractivity contribution in [2.75, 3.05) is 6.61 Å². The summed E-state index contributed by atoms with van der Waals surface area (Å²) in [6, 6.07) is 0. The summed E-state index contributed by atoms with van der Waals surface area (Å²) in [4.78, 5) is 0. The van der Waals surface area contributed by atoms with Crippen molar-refractivity contribution in [1.82, 2.24) is 0 Å². The van der Waals surface area contributed by atoms with E-state index in [1.807, 2.05) is 0 Å². The SMILES string of the molecule is CCCCOB1O[C@H](C)CC(C)(C)O1. The van der Waals surface area contributed by atoms with Crippen LogP contribution in [-0.2, 0) is 14.0 Å². The smallest absolute Gasteiger partial charge is 0.386 e. The molecule has 1 atom stereocenters. The van der Waals surface area contributed by atoms with E-state index in [1.165, 1.54) is 0 Å². The molecule has 0 spiro atoms. The first kappa shape index (κ1) is 12.0. The molecule has 4 heteroatoms. The van der Waals surface area contributed by atoms with Gasteiger partial charge in [-0.1, -0.05) is 13.3 Å². The minimum absolute atomic E-state index is 0.130. The Morgan fingerprint density at radius 1 is 1.50 bits per heavy atom. The van der Waals surface area contributed by atoms with Crippen LogP contribution in [0.25, 0.3) is 0 Å². The van der Waals surface area contributed by atoms with Crippen molar-refractivity contribution in [1.29, 1.82) is 0 Å². The van der Waals surface area contributed by atoms with Crippen molar-refractivity contribution in [3.63, 3.8) is 0 Å². The molecule has 1 fully saturated rings. The van der Waals surface area contributed by atoms with Gasteiger partial charge < -0.3 is 14.0 Å². The lowest BCUT2D eigenvalue weighted by Crippen LogP contribution is -2.47. The molecular weight excluding hydrogens is 179 g/mol. The zero-order valence-electron chi connectivity index (χ0n) is 9.71. The Kier molecular flexibility index (Phi) is 4.42. The fourth-order valence-electron chi connectivity index (χ4n) is 1.66. The molecule has 1 aliphatic rings. The molecule has 0 aromatic carbocycles. The number of hydrogen-bond donors (Lipinski definition) is 0. The first-order chi connectivity index (χ1) is 6.53. The number of hydrogen-bond acceptors (Lipinski definition) is 3. The van der Waals surface area contributed by atoms with Gasteiger partial charge >= 0.3 is 7.32 Å². The maximum Gasteiger partial charge on any atom is 0.640 e. The van der Waals surface area contributed by atoms with Crippen molar-refractivity contribution in [2.45, 2.75) is 58.7 Å². The lowest BCUT2D eigenvalue weighted by Gasteiger charge is -2.37. The minimum Gasteiger partial charge on any atom is -0.386 e. The van der Waals surface area contributed by atoms with Gasteiger partial charge in [0.1, 0.15) is 0 Å². The van der Waals surface area contributed by atoms with Gasteiger partial charge in [0.25, 0.3) is 0 Å². The van der Waals surface area contributed by atoms with Gasteiger partial charge in [0, 0.05) is 12.7 Å². The summed E-state index contributed by atoms with van der Waals surface area (Å²) in [6.07, 6.45) is 3.31. The van der Waals surface area contributed by atoms with Crippen LogP contribution in [0.3, 0.4) is 0 Å². The van der Waals surface area contributed by atoms with Gasteiger partial charge in [-0.05, 0) is 33.6 Å².